The number of nitrogens with zero attached hydrogens (tertiary/aromatic N) is 1. The molecule has 3 unspecified atom stereocenters. The quantitative estimate of drug-likeness (QED) is 0.699. The van der Waals surface area contributed by atoms with Crippen molar-refractivity contribution in [3.05, 3.63) is 0 Å². The number of rotatable bonds is 8. The van der Waals surface area contributed by atoms with Gasteiger partial charge in [0.1, 0.15) is 0 Å². The van der Waals surface area contributed by atoms with E-state index in [1.165, 1.54) is 25.7 Å². The monoisotopic (exact) mass is 256 g/mol. The lowest BCUT2D eigenvalue weighted by molar-refractivity contribution is 0.121. The van der Waals surface area contributed by atoms with Gasteiger partial charge in [-0.05, 0) is 45.2 Å². The largest absolute Gasteiger partial charge is 0.396 e. The highest BCUT2D eigenvalue weighted by Crippen LogP contribution is 2.27. The van der Waals surface area contributed by atoms with Crippen LogP contribution in [0.3, 0.4) is 0 Å². The highest BCUT2D eigenvalue weighted by molar-refractivity contribution is 4.82. The minimum absolute atomic E-state index is 0.287. The summed E-state index contributed by atoms with van der Waals surface area (Å²) >= 11 is 0. The average molecular weight is 256 g/mol. The molecular formula is C15H32N2O. The van der Waals surface area contributed by atoms with E-state index in [-0.39, 0.29) is 6.61 Å². The van der Waals surface area contributed by atoms with E-state index < -0.39 is 0 Å². The van der Waals surface area contributed by atoms with Crippen molar-refractivity contribution in [2.45, 2.75) is 64.5 Å². The molecule has 1 fully saturated rings. The first-order valence-electron chi connectivity index (χ1n) is 7.73. The molecule has 108 valence electrons. The fraction of sp³-hybridized carbons (Fsp3) is 1.00. The lowest BCUT2D eigenvalue weighted by Gasteiger charge is -2.38. The molecule has 3 heteroatoms. The topological polar surface area (TPSA) is 35.5 Å². The Balaban J connectivity index is 2.40. The second-order valence-electron chi connectivity index (χ2n) is 5.93. The van der Waals surface area contributed by atoms with Crippen LogP contribution in [0.5, 0.6) is 0 Å². The molecule has 18 heavy (non-hydrogen) atoms. The van der Waals surface area contributed by atoms with Crippen molar-refractivity contribution in [2.24, 2.45) is 5.92 Å². The number of nitrogens with one attached hydrogen (secondary N) is 1. The molecule has 0 saturated heterocycles. The van der Waals surface area contributed by atoms with Gasteiger partial charge in [-0.2, -0.15) is 0 Å². The second kappa shape index (κ2) is 8.89. The third-order valence-electron chi connectivity index (χ3n) is 4.30. The Labute approximate surface area is 113 Å². The third kappa shape index (κ3) is 5.25. The van der Waals surface area contributed by atoms with E-state index in [0.29, 0.717) is 6.04 Å². The fourth-order valence-electron chi connectivity index (χ4n) is 3.20. The normalized spacial score (nSPS) is 26.5. The van der Waals surface area contributed by atoms with Crippen LogP contribution in [0, 0.1) is 5.92 Å². The lowest BCUT2D eigenvalue weighted by Crippen LogP contribution is -2.47. The van der Waals surface area contributed by atoms with Crippen molar-refractivity contribution in [3.63, 3.8) is 0 Å². The Morgan fingerprint density at radius 3 is 2.67 bits per heavy atom. The highest BCUT2D eigenvalue weighted by atomic mass is 16.3. The molecule has 2 N–H and O–H groups in total. The van der Waals surface area contributed by atoms with Gasteiger partial charge < -0.3 is 15.3 Å². The van der Waals surface area contributed by atoms with E-state index in [1.54, 1.807) is 0 Å². The van der Waals surface area contributed by atoms with Crippen LogP contribution in [-0.4, -0.2) is 48.8 Å². The van der Waals surface area contributed by atoms with Gasteiger partial charge >= 0.3 is 0 Å². The van der Waals surface area contributed by atoms with Crippen LogP contribution in [0.2, 0.25) is 0 Å². The van der Waals surface area contributed by atoms with E-state index in [4.69, 9.17) is 5.11 Å². The zero-order chi connectivity index (χ0) is 13.4. The molecule has 1 aliphatic rings. The maximum Gasteiger partial charge on any atom is 0.0446 e. The number of hydrogen-bond donors (Lipinski definition) is 2. The van der Waals surface area contributed by atoms with Crippen LogP contribution in [0.25, 0.3) is 0 Å². The van der Waals surface area contributed by atoms with E-state index in [2.05, 4.69) is 31.1 Å². The molecular weight excluding hydrogens is 224 g/mol. The van der Waals surface area contributed by atoms with Gasteiger partial charge in [-0.1, -0.05) is 26.7 Å². The number of aliphatic hydroxyl groups excluding tert-OH is 1. The molecule has 0 radical (unpaired) electrons. The number of hydrogen-bond acceptors (Lipinski definition) is 3. The molecule has 1 rings (SSSR count). The standard InChI is InChI=1S/C15H32N2O/c1-4-10-16-14(9-11-18)12-17(3)15-8-6-5-7-13(15)2/h13-16,18H,4-12H2,1-3H3. The SMILES string of the molecule is CCCNC(CCO)CN(C)C1CCCCC1C. The molecule has 0 aromatic rings. The summed E-state index contributed by atoms with van der Waals surface area (Å²) < 4.78 is 0. The zero-order valence-corrected chi connectivity index (χ0v) is 12.5. The van der Waals surface area contributed by atoms with E-state index in [1.807, 2.05) is 0 Å². The maximum absolute atomic E-state index is 9.15. The molecule has 1 saturated carbocycles. The first-order chi connectivity index (χ1) is 8.69. The minimum Gasteiger partial charge on any atom is -0.396 e. The molecule has 0 amide bonds. The van der Waals surface area contributed by atoms with Crippen molar-refractivity contribution in [1.29, 1.82) is 0 Å². The summed E-state index contributed by atoms with van der Waals surface area (Å²) in [5, 5.41) is 12.7. The Morgan fingerprint density at radius 1 is 1.33 bits per heavy atom. The van der Waals surface area contributed by atoms with Gasteiger partial charge in [-0.25, -0.2) is 0 Å². The highest BCUT2D eigenvalue weighted by Gasteiger charge is 2.26. The van der Waals surface area contributed by atoms with Crippen molar-refractivity contribution in [2.75, 3.05) is 26.7 Å². The first-order valence-corrected chi connectivity index (χ1v) is 7.73. The predicted octanol–water partition coefficient (Wildman–Crippen LogP) is 2.25. The van der Waals surface area contributed by atoms with Crippen LogP contribution >= 0.6 is 0 Å². The third-order valence-corrected chi connectivity index (χ3v) is 4.30. The first kappa shape index (κ1) is 15.9. The van der Waals surface area contributed by atoms with E-state index in [0.717, 1.165) is 37.9 Å². The van der Waals surface area contributed by atoms with Crippen molar-refractivity contribution in [1.82, 2.24) is 10.2 Å². The van der Waals surface area contributed by atoms with Crippen LogP contribution in [0.15, 0.2) is 0 Å². The lowest BCUT2D eigenvalue weighted by atomic mass is 9.85. The summed E-state index contributed by atoms with van der Waals surface area (Å²) in [4.78, 5) is 2.52. The minimum atomic E-state index is 0.287. The Kier molecular flexibility index (Phi) is 7.87. The molecule has 3 atom stereocenters. The Hall–Kier alpha value is -0.120. The van der Waals surface area contributed by atoms with Crippen molar-refractivity contribution < 1.29 is 5.11 Å². The van der Waals surface area contributed by atoms with Gasteiger partial charge in [-0.15, -0.1) is 0 Å². The van der Waals surface area contributed by atoms with Crippen LogP contribution < -0.4 is 5.32 Å². The summed E-state index contributed by atoms with van der Waals surface area (Å²) in [6, 6.07) is 1.18. The van der Waals surface area contributed by atoms with Crippen molar-refractivity contribution in [3.8, 4) is 0 Å². The predicted molar refractivity (Wildman–Crippen MR) is 77.8 cm³/mol. The zero-order valence-electron chi connectivity index (χ0n) is 12.5. The smallest absolute Gasteiger partial charge is 0.0446 e. The fourth-order valence-corrected chi connectivity index (χ4v) is 3.20. The molecule has 0 heterocycles. The molecule has 0 bridgehead atoms. The molecule has 0 spiro atoms. The molecule has 1 aliphatic carbocycles. The van der Waals surface area contributed by atoms with E-state index >= 15 is 0 Å². The van der Waals surface area contributed by atoms with Gasteiger partial charge in [-0.3, -0.25) is 0 Å². The van der Waals surface area contributed by atoms with Gasteiger partial charge in [0.05, 0.1) is 0 Å². The average Bonchev–Trinajstić information content (AvgIpc) is 2.36. The maximum atomic E-state index is 9.15. The Morgan fingerprint density at radius 2 is 2.06 bits per heavy atom. The summed E-state index contributed by atoms with van der Waals surface area (Å²) in [6.07, 6.45) is 7.53. The van der Waals surface area contributed by atoms with Crippen LogP contribution in [0.4, 0.5) is 0 Å². The van der Waals surface area contributed by atoms with Gasteiger partial charge in [0.25, 0.3) is 0 Å². The second-order valence-corrected chi connectivity index (χ2v) is 5.93. The summed E-state index contributed by atoms with van der Waals surface area (Å²) in [5.41, 5.74) is 0. The Bertz CT molecular complexity index is 211. The summed E-state index contributed by atoms with van der Waals surface area (Å²) in [7, 11) is 2.25. The molecule has 0 aliphatic heterocycles. The van der Waals surface area contributed by atoms with Gasteiger partial charge in [0.15, 0.2) is 0 Å². The molecule has 0 aromatic heterocycles. The molecule has 0 aromatic carbocycles. The number of likely N-dealkylation sites (N-methyl/N-ethyl adjacent to an activating group) is 1. The molecule has 3 nitrogen and oxygen atoms in total. The summed E-state index contributed by atoms with van der Waals surface area (Å²) in [5.74, 6) is 0.824. The van der Waals surface area contributed by atoms with E-state index in [9.17, 15) is 0 Å². The number of aliphatic hydroxyl groups is 1. The van der Waals surface area contributed by atoms with Gasteiger partial charge in [0.2, 0.25) is 0 Å². The summed E-state index contributed by atoms with van der Waals surface area (Å²) in [6.45, 7) is 6.99. The van der Waals surface area contributed by atoms with Gasteiger partial charge in [0, 0.05) is 25.2 Å². The van der Waals surface area contributed by atoms with Crippen LogP contribution in [-0.2, 0) is 0 Å². The van der Waals surface area contributed by atoms with Crippen molar-refractivity contribution >= 4 is 0 Å². The van der Waals surface area contributed by atoms with Crippen LogP contribution in [0.1, 0.15) is 52.4 Å².